The van der Waals surface area contributed by atoms with Gasteiger partial charge in [0.05, 0.1) is 12.8 Å². The largest absolute Gasteiger partial charge is 0.469 e. The third kappa shape index (κ3) is 3.34. The Balaban J connectivity index is 1.81. The van der Waals surface area contributed by atoms with E-state index in [4.69, 9.17) is 4.42 Å². The molecule has 1 fully saturated rings. The van der Waals surface area contributed by atoms with Gasteiger partial charge in [-0.2, -0.15) is 0 Å². The zero-order valence-electron chi connectivity index (χ0n) is 11.1. The minimum absolute atomic E-state index is 0.208. The van der Waals surface area contributed by atoms with E-state index in [1.165, 1.54) is 0 Å². The highest BCUT2D eigenvalue weighted by atomic mass is 16.3. The molecule has 2 rings (SSSR count). The van der Waals surface area contributed by atoms with Crippen LogP contribution in [0.15, 0.2) is 16.7 Å². The summed E-state index contributed by atoms with van der Waals surface area (Å²) in [5, 5.41) is 3.25. The first-order chi connectivity index (χ1) is 8.66. The molecule has 0 spiro atoms. The first-order valence-electron chi connectivity index (χ1n) is 6.37. The van der Waals surface area contributed by atoms with E-state index in [2.05, 4.69) is 5.32 Å². The molecular formula is C13H21N3O2. The molecule has 0 saturated carbocycles. The van der Waals surface area contributed by atoms with Crippen LogP contribution in [-0.2, 0) is 11.3 Å². The number of hydrogen-bond donors (Lipinski definition) is 1. The highest BCUT2D eigenvalue weighted by Crippen LogP contribution is 2.11. The average Bonchev–Trinajstić information content (AvgIpc) is 2.76. The van der Waals surface area contributed by atoms with Crippen LogP contribution in [0.1, 0.15) is 11.3 Å². The summed E-state index contributed by atoms with van der Waals surface area (Å²) in [4.78, 5) is 16.0. The molecule has 1 saturated heterocycles. The number of furan rings is 1. The molecule has 1 N–H and O–H groups in total. The third-order valence-electron chi connectivity index (χ3n) is 3.28. The van der Waals surface area contributed by atoms with Crippen LogP contribution in [0.3, 0.4) is 0 Å². The summed E-state index contributed by atoms with van der Waals surface area (Å²) in [5.74, 6) is 1.14. The van der Waals surface area contributed by atoms with Crippen LogP contribution in [0.4, 0.5) is 0 Å². The van der Waals surface area contributed by atoms with Gasteiger partial charge in [0.25, 0.3) is 0 Å². The van der Waals surface area contributed by atoms with Gasteiger partial charge < -0.3 is 14.6 Å². The van der Waals surface area contributed by atoms with Crippen molar-refractivity contribution in [3.63, 3.8) is 0 Å². The molecular weight excluding hydrogens is 230 g/mol. The van der Waals surface area contributed by atoms with Crippen LogP contribution in [0, 0.1) is 6.92 Å². The van der Waals surface area contributed by atoms with Crippen molar-refractivity contribution < 1.29 is 9.21 Å². The third-order valence-corrected chi connectivity index (χ3v) is 3.28. The van der Waals surface area contributed by atoms with E-state index in [-0.39, 0.29) is 5.91 Å². The van der Waals surface area contributed by atoms with Gasteiger partial charge in [0.15, 0.2) is 0 Å². The predicted molar refractivity (Wildman–Crippen MR) is 69.2 cm³/mol. The van der Waals surface area contributed by atoms with E-state index in [1.807, 2.05) is 29.8 Å². The second-order valence-electron chi connectivity index (χ2n) is 4.81. The number of piperazine rings is 1. The van der Waals surface area contributed by atoms with Crippen molar-refractivity contribution in [3.8, 4) is 0 Å². The maximum Gasteiger partial charge on any atom is 0.236 e. The highest BCUT2D eigenvalue weighted by Gasteiger charge is 2.18. The van der Waals surface area contributed by atoms with Gasteiger partial charge in [0, 0.05) is 38.3 Å². The van der Waals surface area contributed by atoms with E-state index >= 15 is 0 Å². The first-order valence-corrected chi connectivity index (χ1v) is 6.37. The number of carbonyl (C=O) groups excluding carboxylic acids is 1. The number of hydrogen-bond acceptors (Lipinski definition) is 4. The Bertz CT molecular complexity index is 397. The molecule has 0 bridgehead atoms. The van der Waals surface area contributed by atoms with Crippen molar-refractivity contribution >= 4 is 5.91 Å². The van der Waals surface area contributed by atoms with Gasteiger partial charge in [-0.3, -0.25) is 9.69 Å². The Morgan fingerprint density at radius 2 is 2.22 bits per heavy atom. The normalized spacial score (nSPS) is 16.3. The summed E-state index contributed by atoms with van der Waals surface area (Å²) in [5.41, 5.74) is 1.14. The minimum Gasteiger partial charge on any atom is -0.469 e. The van der Waals surface area contributed by atoms with E-state index in [1.54, 1.807) is 6.26 Å². The molecule has 1 aliphatic rings. The Labute approximate surface area is 108 Å². The van der Waals surface area contributed by atoms with Crippen molar-refractivity contribution in [2.75, 3.05) is 39.8 Å². The van der Waals surface area contributed by atoms with Crippen molar-refractivity contribution in [3.05, 3.63) is 23.7 Å². The highest BCUT2D eigenvalue weighted by molar-refractivity contribution is 5.78. The lowest BCUT2D eigenvalue weighted by Crippen LogP contribution is -2.49. The minimum atomic E-state index is 0.208. The predicted octanol–water partition coefficient (Wildman–Crippen LogP) is 0.452. The van der Waals surface area contributed by atoms with Crippen LogP contribution in [0.5, 0.6) is 0 Å². The summed E-state index contributed by atoms with van der Waals surface area (Å²) < 4.78 is 5.26. The number of amides is 1. The van der Waals surface area contributed by atoms with Crippen LogP contribution in [0.25, 0.3) is 0 Å². The maximum atomic E-state index is 12.1. The fraction of sp³-hybridized carbons (Fsp3) is 0.615. The lowest BCUT2D eigenvalue weighted by molar-refractivity contribution is -0.132. The molecule has 1 aromatic heterocycles. The van der Waals surface area contributed by atoms with Crippen LogP contribution < -0.4 is 5.32 Å². The summed E-state index contributed by atoms with van der Waals surface area (Å²) in [6.45, 7) is 6.59. The van der Waals surface area contributed by atoms with Crippen LogP contribution in [-0.4, -0.2) is 55.5 Å². The molecule has 18 heavy (non-hydrogen) atoms. The lowest BCUT2D eigenvalue weighted by Gasteiger charge is -2.29. The van der Waals surface area contributed by atoms with Gasteiger partial charge in [-0.25, -0.2) is 0 Å². The van der Waals surface area contributed by atoms with Gasteiger partial charge in [-0.15, -0.1) is 0 Å². The Kier molecular flexibility index (Phi) is 4.38. The SMILES string of the molecule is Cc1occc1CN(C)CC(=O)N1CCNCC1. The Morgan fingerprint density at radius 1 is 1.50 bits per heavy atom. The molecule has 0 unspecified atom stereocenters. The number of nitrogens with one attached hydrogen (secondary N) is 1. The zero-order valence-corrected chi connectivity index (χ0v) is 11.1. The lowest BCUT2D eigenvalue weighted by atomic mass is 10.2. The second-order valence-corrected chi connectivity index (χ2v) is 4.81. The van der Waals surface area contributed by atoms with Crippen LogP contribution >= 0.6 is 0 Å². The summed E-state index contributed by atoms with van der Waals surface area (Å²) in [7, 11) is 1.96. The first kappa shape index (κ1) is 13.1. The molecule has 0 radical (unpaired) electrons. The molecule has 5 heteroatoms. The molecule has 2 heterocycles. The molecule has 0 aromatic carbocycles. The van der Waals surface area contributed by atoms with E-state index < -0.39 is 0 Å². The number of likely N-dealkylation sites (N-methyl/N-ethyl adjacent to an activating group) is 1. The molecule has 1 aliphatic heterocycles. The van der Waals surface area contributed by atoms with Gasteiger partial charge in [-0.1, -0.05) is 0 Å². The number of carbonyl (C=O) groups is 1. The van der Waals surface area contributed by atoms with E-state index in [0.717, 1.165) is 44.0 Å². The molecule has 1 aromatic rings. The van der Waals surface area contributed by atoms with Crippen molar-refractivity contribution in [1.29, 1.82) is 0 Å². The number of rotatable bonds is 4. The summed E-state index contributed by atoms with van der Waals surface area (Å²) >= 11 is 0. The van der Waals surface area contributed by atoms with Gasteiger partial charge in [0.1, 0.15) is 5.76 Å². The van der Waals surface area contributed by atoms with Gasteiger partial charge in [-0.05, 0) is 20.0 Å². The standard InChI is InChI=1S/C13H21N3O2/c1-11-12(3-8-18-11)9-15(2)10-13(17)16-6-4-14-5-7-16/h3,8,14H,4-7,9-10H2,1-2H3. The maximum absolute atomic E-state index is 12.1. The second kappa shape index (κ2) is 6.02. The fourth-order valence-corrected chi connectivity index (χ4v) is 2.17. The summed E-state index contributed by atoms with van der Waals surface area (Å²) in [6.07, 6.45) is 1.69. The Hall–Kier alpha value is -1.33. The number of nitrogens with zero attached hydrogens (tertiary/aromatic N) is 2. The molecule has 0 aliphatic carbocycles. The van der Waals surface area contributed by atoms with E-state index in [9.17, 15) is 4.79 Å². The molecule has 1 amide bonds. The monoisotopic (exact) mass is 251 g/mol. The van der Waals surface area contributed by atoms with E-state index in [0.29, 0.717) is 6.54 Å². The molecule has 5 nitrogen and oxygen atoms in total. The van der Waals surface area contributed by atoms with Crippen molar-refractivity contribution in [2.45, 2.75) is 13.5 Å². The summed E-state index contributed by atoms with van der Waals surface area (Å²) in [6, 6.07) is 1.96. The molecule has 100 valence electrons. The number of aryl methyl sites for hydroxylation is 1. The average molecular weight is 251 g/mol. The van der Waals surface area contributed by atoms with Crippen molar-refractivity contribution in [2.24, 2.45) is 0 Å². The quantitative estimate of drug-likeness (QED) is 0.844. The topological polar surface area (TPSA) is 48.7 Å². The zero-order chi connectivity index (χ0) is 13.0. The van der Waals surface area contributed by atoms with Gasteiger partial charge >= 0.3 is 0 Å². The Morgan fingerprint density at radius 3 is 2.83 bits per heavy atom. The van der Waals surface area contributed by atoms with Crippen molar-refractivity contribution in [1.82, 2.24) is 15.1 Å². The smallest absolute Gasteiger partial charge is 0.236 e. The molecule has 0 atom stereocenters. The van der Waals surface area contributed by atoms with Gasteiger partial charge in [0.2, 0.25) is 5.91 Å². The fourth-order valence-electron chi connectivity index (χ4n) is 2.17. The van der Waals surface area contributed by atoms with Crippen LogP contribution in [0.2, 0.25) is 0 Å².